The lowest BCUT2D eigenvalue weighted by Crippen LogP contribution is -2.40. The molecule has 5 nitrogen and oxygen atoms in total. The second-order valence-electron chi connectivity index (χ2n) is 8.43. The summed E-state index contributed by atoms with van der Waals surface area (Å²) in [7, 11) is -3.79. The van der Waals surface area contributed by atoms with E-state index in [1.807, 2.05) is 6.07 Å². The molecule has 1 fully saturated rings. The third-order valence-electron chi connectivity index (χ3n) is 5.91. The number of ketones is 1. The maximum Gasteiger partial charge on any atom is 0.416 e. The van der Waals surface area contributed by atoms with Crippen LogP contribution in [0.25, 0.3) is 0 Å². The number of nitrogens with zero attached hydrogens (tertiary/aromatic N) is 1. The number of thiophene rings is 1. The minimum atomic E-state index is -4.42. The highest BCUT2D eigenvalue weighted by atomic mass is 35.5. The molecule has 0 aliphatic carbocycles. The van der Waals surface area contributed by atoms with Crippen molar-refractivity contribution in [3.63, 3.8) is 0 Å². The number of Topliss-reactive ketones (excluding diaryl/α,β-unsaturated/α-hetero) is 1. The van der Waals surface area contributed by atoms with Crippen LogP contribution in [0.15, 0.2) is 64.9 Å². The largest absolute Gasteiger partial charge is 0.489 e. The molecule has 0 N–H and O–H groups in total. The Labute approximate surface area is 216 Å². The summed E-state index contributed by atoms with van der Waals surface area (Å²) in [5.74, 6) is 0.311. The van der Waals surface area contributed by atoms with Gasteiger partial charge in [0.05, 0.1) is 15.9 Å². The lowest BCUT2D eigenvalue weighted by molar-refractivity contribution is -0.137. The fourth-order valence-corrected chi connectivity index (χ4v) is 7.42. The average Bonchev–Trinajstić information content (AvgIpc) is 3.51. The van der Waals surface area contributed by atoms with E-state index >= 15 is 0 Å². The maximum atomic E-state index is 13.0. The van der Waals surface area contributed by atoms with E-state index in [1.165, 1.54) is 22.5 Å². The second-order valence-corrected chi connectivity index (χ2v) is 12.3. The number of rotatable bonds is 9. The van der Waals surface area contributed by atoms with Gasteiger partial charge in [0, 0.05) is 13.0 Å². The smallest absolute Gasteiger partial charge is 0.416 e. The van der Waals surface area contributed by atoms with Crippen molar-refractivity contribution in [3.8, 4) is 5.75 Å². The topological polar surface area (TPSA) is 63.7 Å². The molecule has 0 unspecified atom stereocenters. The van der Waals surface area contributed by atoms with Crippen molar-refractivity contribution in [1.29, 1.82) is 0 Å². The van der Waals surface area contributed by atoms with E-state index in [9.17, 15) is 26.4 Å². The summed E-state index contributed by atoms with van der Waals surface area (Å²) in [6.45, 7) is 0.251. The summed E-state index contributed by atoms with van der Waals surface area (Å²) < 4.78 is 72.2. The number of halogens is 4. The van der Waals surface area contributed by atoms with Gasteiger partial charge in [-0.05, 0) is 66.8 Å². The molecule has 1 aliphatic heterocycles. The number of ether oxygens (including phenoxy) is 1. The number of carbonyl (C=O) groups excluding carboxylic acids is 1. The van der Waals surface area contributed by atoms with Gasteiger partial charge in [0.25, 0.3) is 10.0 Å². The van der Waals surface area contributed by atoms with Crippen LogP contribution in [-0.2, 0) is 34.0 Å². The molecule has 0 amide bonds. The summed E-state index contributed by atoms with van der Waals surface area (Å²) in [6.07, 6.45) is -2.81. The molecule has 11 heteroatoms. The molecule has 192 valence electrons. The van der Waals surface area contributed by atoms with Gasteiger partial charge in [-0.15, -0.1) is 11.3 Å². The average molecular weight is 558 g/mol. The van der Waals surface area contributed by atoms with Gasteiger partial charge in [0.15, 0.2) is 5.78 Å². The number of benzene rings is 2. The van der Waals surface area contributed by atoms with Crippen LogP contribution in [0.5, 0.6) is 5.75 Å². The van der Waals surface area contributed by atoms with Crippen molar-refractivity contribution in [1.82, 2.24) is 4.31 Å². The van der Waals surface area contributed by atoms with E-state index in [2.05, 4.69) is 0 Å². The molecule has 4 rings (SSSR count). The van der Waals surface area contributed by atoms with Gasteiger partial charge in [-0.1, -0.05) is 35.9 Å². The first-order chi connectivity index (χ1) is 17.0. The van der Waals surface area contributed by atoms with Gasteiger partial charge in [-0.2, -0.15) is 17.5 Å². The molecular weight excluding hydrogens is 535 g/mol. The summed E-state index contributed by atoms with van der Waals surface area (Å²) in [4.78, 5) is 13.0. The van der Waals surface area contributed by atoms with Crippen molar-refractivity contribution in [2.75, 3.05) is 6.54 Å². The molecule has 3 aromatic rings. The minimum absolute atomic E-state index is 0.0338. The Bertz CT molecular complexity index is 1340. The van der Waals surface area contributed by atoms with Crippen LogP contribution in [0.4, 0.5) is 13.2 Å². The molecule has 1 aromatic heterocycles. The summed E-state index contributed by atoms with van der Waals surface area (Å²) >= 11 is 6.86. The van der Waals surface area contributed by atoms with Crippen molar-refractivity contribution in [2.24, 2.45) is 0 Å². The zero-order valence-electron chi connectivity index (χ0n) is 19.0. The Morgan fingerprint density at radius 1 is 1.08 bits per heavy atom. The molecule has 36 heavy (non-hydrogen) atoms. The first kappa shape index (κ1) is 26.7. The lowest BCUT2D eigenvalue weighted by atomic mass is 10.0. The number of aryl methyl sites for hydroxylation is 1. The summed E-state index contributed by atoms with van der Waals surface area (Å²) in [5.41, 5.74) is 0.461. The van der Waals surface area contributed by atoms with E-state index in [0.717, 1.165) is 29.0 Å². The van der Waals surface area contributed by atoms with Gasteiger partial charge in [-0.25, -0.2) is 8.42 Å². The van der Waals surface area contributed by atoms with Crippen LogP contribution in [0.3, 0.4) is 0 Å². The fraction of sp³-hybridized carbons (Fsp3) is 0.320. The van der Waals surface area contributed by atoms with Crippen molar-refractivity contribution in [2.45, 2.75) is 48.7 Å². The van der Waals surface area contributed by atoms with E-state index in [-0.39, 0.29) is 29.6 Å². The number of hydrogen-bond acceptors (Lipinski definition) is 5. The molecule has 2 aromatic carbocycles. The van der Waals surface area contributed by atoms with Crippen LogP contribution >= 0.6 is 22.9 Å². The van der Waals surface area contributed by atoms with E-state index in [1.54, 1.807) is 24.3 Å². The Balaban J connectivity index is 1.36. The van der Waals surface area contributed by atoms with E-state index in [0.29, 0.717) is 34.9 Å². The van der Waals surface area contributed by atoms with Gasteiger partial charge in [0.2, 0.25) is 0 Å². The fourth-order valence-electron chi connectivity index (χ4n) is 4.13. The molecule has 1 atom stereocenters. The Morgan fingerprint density at radius 3 is 2.56 bits per heavy atom. The highest BCUT2D eigenvalue weighted by Gasteiger charge is 2.39. The maximum absolute atomic E-state index is 13.0. The highest BCUT2D eigenvalue weighted by molar-refractivity contribution is 7.91. The lowest BCUT2D eigenvalue weighted by Gasteiger charge is -2.22. The number of sulfonamides is 1. The molecule has 1 saturated heterocycles. The number of alkyl halides is 3. The van der Waals surface area contributed by atoms with Crippen molar-refractivity contribution < 1.29 is 31.1 Å². The van der Waals surface area contributed by atoms with Crippen molar-refractivity contribution >= 4 is 38.7 Å². The molecule has 2 heterocycles. The molecule has 1 aliphatic rings. The van der Waals surface area contributed by atoms with Crippen LogP contribution in [0.1, 0.15) is 36.0 Å². The molecule has 0 bridgehead atoms. The third kappa shape index (κ3) is 6.29. The zero-order valence-corrected chi connectivity index (χ0v) is 21.4. The zero-order chi connectivity index (χ0) is 25.9. The molecule has 0 radical (unpaired) electrons. The predicted octanol–water partition coefficient (Wildman–Crippen LogP) is 6.35. The Kier molecular flexibility index (Phi) is 8.09. The highest BCUT2D eigenvalue weighted by Crippen LogP contribution is 2.33. The van der Waals surface area contributed by atoms with Crippen LogP contribution < -0.4 is 4.74 Å². The monoisotopic (exact) mass is 557 g/mol. The Hall–Kier alpha value is -2.40. The van der Waals surface area contributed by atoms with E-state index in [4.69, 9.17) is 16.3 Å². The second kappa shape index (κ2) is 10.9. The summed E-state index contributed by atoms with van der Waals surface area (Å²) in [5, 5.41) is 0. The molecular formula is C25H23ClF3NO4S2. The van der Waals surface area contributed by atoms with Crippen LogP contribution in [0, 0.1) is 0 Å². The minimum Gasteiger partial charge on any atom is -0.489 e. The first-order valence-corrected chi connectivity index (χ1v) is 13.9. The van der Waals surface area contributed by atoms with Gasteiger partial charge in [0.1, 0.15) is 16.6 Å². The van der Waals surface area contributed by atoms with Crippen LogP contribution in [0.2, 0.25) is 4.34 Å². The quantitative estimate of drug-likeness (QED) is 0.307. The number of carbonyl (C=O) groups is 1. The van der Waals surface area contributed by atoms with Crippen molar-refractivity contribution in [3.05, 3.63) is 81.7 Å². The van der Waals surface area contributed by atoms with Gasteiger partial charge < -0.3 is 4.74 Å². The normalized spacial score (nSPS) is 16.8. The van der Waals surface area contributed by atoms with Gasteiger partial charge >= 0.3 is 6.18 Å². The number of hydrogen-bond donors (Lipinski definition) is 0. The summed E-state index contributed by atoms with van der Waals surface area (Å²) in [6, 6.07) is 14.2. The molecule has 0 spiro atoms. The first-order valence-electron chi connectivity index (χ1n) is 11.2. The van der Waals surface area contributed by atoms with E-state index < -0.39 is 27.8 Å². The Morgan fingerprint density at radius 2 is 1.83 bits per heavy atom. The standard InChI is InChI=1S/C25H23ClF3NO4S2/c26-23-11-12-24(35-23)36(32,33)30-13-3-8-21(30)22(31)10-9-17-4-2-7-20(15-17)34-16-18-5-1-6-19(14-18)25(27,28)29/h1-2,4-7,11-12,14-15,21H,3,8-10,13,16H2/t21-/m0/s1. The SMILES string of the molecule is O=C(CCc1cccc(OCc2cccc(C(F)(F)F)c2)c1)[C@@H]1CCCN1S(=O)(=O)c1ccc(Cl)s1. The predicted molar refractivity (Wildman–Crippen MR) is 132 cm³/mol. The van der Waals surface area contributed by atoms with Gasteiger partial charge in [-0.3, -0.25) is 4.79 Å². The third-order valence-corrected chi connectivity index (χ3v) is 9.51. The molecule has 0 saturated carbocycles. The van der Waals surface area contributed by atoms with Crippen LogP contribution in [-0.4, -0.2) is 31.1 Å².